The first-order valence-corrected chi connectivity index (χ1v) is 13.9. The van der Waals surface area contributed by atoms with Crippen LogP contribution in [0, 0.1) is 5.82 Å². The summed E-state index contributed by atoms with van der Waals surface area (Å²) in [7, 11) is 2.08. The number of halogens is 1. The number of carbonyl (C=O) groups excluding carboxylic acids is 2. The van der Waals surface area contributed by atoms with E-state index in [0.29, 0.717) is 41.6 Å². The Bertz CT molecular complexity index is 1500. The van der Waals surface area contributed by atoms with Crippen molar-refractivity contribution in [2.75, 3.05) is 18.9 Å². The molecule has 0 spiro atoms. The lowest BCUT2D eigenvalue weighted by atomic mass is 9.96. The number of nitrogens with one attached hydrogen (secondary N) is 1. The Hall–Kier alpha value is -3.93. The van der Waals surface area contributed by atoms with Gasteiger partial charge in [0.05, 0.1) is 16.7 Å². The fourth-order valence-electron chi connectivity index (χ4n) is 5.11. The monoisotopic (exact) mass is 562 g/mol. The van der Waals surface area contributed by atoms with Crippen LogP contribution in [-0.2, 0) is 17.6 Å². The van der Waals surface area contributed by atoms with Crippen molar-refractivity contribution in [1.82, 2.24) is 9.88 Å². The number of rotatable bonds is 7. The first-order valence-electron chi connectivity index (χ1n) is 13.1. The molecule has 1 saturated heterocycles. The van der Waals surface area contributed by atoms with Crippen LogP contribution in [0.3, 0.4) is 0 Å². The van der Waals surface area contributed by atoms with Gasteiger partial charge in [0.1, 0.15) is 11.5 Å². The third kappa shape index (κ3) is 6.11. The second-order valence-electron chi connectivity index (χ2n) is 10.2. The first kappa shape index (κ1) is 27.6. The van der Waals surface area contributed by atoms with E-state index in [9.17, 15) is 19.1 Å². The second-order valence-corrected chi connectivity index (χ2v) is 11.3. The number of aliphatic hydroxyl groups excluding tert-OH is 1. The van der Waals surface area contributed by atoms with Crippen LogP contribution in [0.5, 0.6) is 0 Å². The summed E-state index contributed by atoms with van der Waals surface area (Å²) in [5, 5.41) is 12.5. The molecule has 3 heterocycles. The highest BCUT2D eigenvalue weighted by molar-refractivity contribution is 7.14. The molecule has 1 aliphatic heterocycles. The van der Waals surface area contributed by atoms with Gasteiger partial charge in [0.2, 0.25) is 0 Å². The van der Waals surface area contributed by atoms with E-state index in [1.807, 2.05) is 6.07 Å². The number of nitrogens with two attached hydrogens (primary N) is 2. The number of aryl methyl sites for hydroxylation is 1. The lowest BCUT2D eigenvalue weighted by Crippen LogP contribution is -2.22. The van der Waals surface area contributed by atoms with Crippen molar-refractivity contribution in [3.05, 3.63) is 80.9 Å². The summed E-state index contributed by atoms with van der Waals surface area (Å²) in [6.45, 7) is 1.04. The number of hydrogen-bond acceptors (Lipinski definition) is 8. The largest absolute Gasteiger partial charge is 0.398 e. The predicted octanol–water partition coefficient (Wildman–Crippen LogP) is 3.71. The number of aliphatic hydroxyl groups is 1. The number of thiophene rings is 1. The predicted molar refractivity (Wildman–Crippen MR) is 154 cm³/mol. The molecular formula is C29H31FN6O3S. The Morgan fingerprint density at radius 1 is 1.23 bits per heavy atom. The third-order valence-corrected chi connectivity index (χ3v) is 8.52. The molecule has 3 aromatic rings. The average molecular weight is 563 g/mol. The number of nitrogens with zero attached hydrogens (tertiary/aromatic N) is 3. The Labute approximate surface area is 235 Å². The maximum absolute atomic E-state index is 14.6. The topological polar surface area (TPSA) is 147 Å². The number of anilines is 1. The van der Waals surface area contributed by atoms with Crippen LogP contribution in [-0.4, -0.2) is 52.2 Å². The van der Waals surface area contributed by atoms with Gasteiger partial charge in [-0.05, 0) is 98.8 Å². The maximum Gasteiger partial charge on any atom is 0.267 e. The molecule has 1 aliphatic carbocycles. The highest BCUT2D eigenvalue weighted by atomic mass is 32.1. The van der Waals surface area contributed by atoms with Crippen molar-refractivity contribution in [1.29, 1.82) is 0 Å². The van der Waals surface area contributed by atoms with Crippen LogP contribution < -0.4 is 16.8 Å². The number of amides is 2. The van der Waals surface area contributed by atoms with E-state index in [1.165, 1.54) is 35.6 Å². The van der Waals surface area contributed by atoms with Crippen molar-refractivity contribution in [3.8, 4) is 0 Å². The molecule has 2 aromatic heterocycles. The summed E-state index contributed by atoms with van der Waals surface area (Å²) in [6.07, 6.45) is 6.71. The van der Waals surface area contributed by atoms with Crippen LogP contribution in [0.2, 0.25) is 0 Å². The molecular weight excluding hydrogens is 531 g/mol. The molecule has 1 fully saturated rings. The summed E-state index contributed by atoms with van der Waals surface area (Å²) in [5.41, 5.74) is 14.1. The van der Waals surface area contributed by atoms with E-state index < -0.39 is 23.7 Å². The molecule has 11 heteroatoms. The standard InChI is InChI=1S/C29H31FN6O3S/c1-36-10-2-3-24(36)17-5-9-27(33-15-17)34-23(28(32)38)14-21(31)16-4-7-20(30)22(12-16)35-29(39)26-13-18-11-19(37)6-8-25(18)40-26/h4-5,7,9,12-15,19,24,37H,2-3,6,8,10-11,31H2,1H3,(H2,32,38)(H,35,39). The number of primary amides is 1. The summed E-state index contributed by atoms with van der Waals surface area (Å²) in [6, 6.07) is 9.72. The lowest BCUT2D eigenvalue weighted by Gasteiger charge is -2.19. The van der Waals surface area contributed by atoms with Crippen LogP contribution >= 0.6 is 11.3 Å². The highest BCUT2D eigenvalue weighted by Gasteiger charge is 2.23. The van der Waals surface area contributed by atoms with Crippen molar-refractivity contribution in [2.24, 2.45) is 16.5 Å². The smallest absolute Gasteiger partial charge is 0.267 e. The molecule has 208 valence electrons. The zero-order valence-corrected chi connectivity index (χ0v) is 22.9. The van der Waals surface area contributed by atoms with Gasteiger partial charge in [-0.1, -0.05) is 6.07 Å². The van der Waals surface area contributed by atoms with Crippen molar-refractivity contribution < 1.29 is 19.1 Å². The number of pyridine rings is 1. The zero-order valence-electron chi connectivity index (χ0n) is 22.1. The molecule has 40 heavy (non-hydrogen) atoms. The first-order chi connectivity index (χ1) is 19.2. The van der Waals surface area contributed by atoms with Gasteiger partial charge in [-0.25, -0.2) is 14.4 Å². The van der Waals surface area contributed by atoms with Crippen LogP contribution in [0.25, 0.3) is 5.70 Å². The Kier molecular flexibility index (Phi) is 8.06. The van der Waals surface area contributed by atoms with Gasteiger partial charge >= 0.3 is 0 Å². The van der Waals surface area contributed by atoms with Gasteiger partial charge in [0.25, 0.3) is 11.8 Å². The highest BCUT2D eigenvalue weighted by Crippen LogP contribution is 2.32. The van der Waals surface area contributed by atoms with Gasteiger partial charge in [-0.15, -0.1) is 11.3 Å². The van der Waals surface area contributed by atoms with Gasteiger partial charge in [0.15, 0.2) is 5.82 Å². The number of aromatic nitrogens is 1. The SMILES string of the molecule is CN1CCCC1c1ccc(N=C(C=C(N)c2ccc(F)c(NC(=O)c3cc4c(s3)CCC(O)C4)c2)C(N)=O)nc1. The van der Waals surface area contributed by atoms with E-state index in [1.54, 1.807) is 18.3 Å². The minimum atomic E-state index is -0.799. The third-order valence-electron chi connectivity index (χ3n) is 7.28. The maximum atomic E-state index is 14.6. The molecule has 5 rings (SSSR count). The van der Waals surface area contributed by atoms with Crippen LogP contribution in [0.15, 0.2) is 53.7 Å². The number of aliphatic imine (C=N–C) groups is 1. The molecule has 9 nitrogen and oxygen atoms in total. The number of benzene rings is 1. The number of likely N-dealkylation sites (tertiary alicyclic amines) is 1. The summed E-state index contributed by atoms with van der Waals surface area (Å²) in [4.78, 5) is 37.4. The van der Waals surface area contributed by atoms with Gasteiger partial charge in [0, 0.05) is 22.8 Å². The zero-order chi connectivity index (χ0) is 28.4. The summed E-state index contributed by atoms with van der Waals surface area (Å²) < 4.78 is 14.6. The van der Waals surface area contributed by atoms with E-state index >= 15 is 0 Å². The van der Waals surface area contributed by atoms with E-state index in [4.69, 9.17) is 11.5 Å². The molecule has 0 saturated carbocycles. The molecule has 2 unspecified atom stereocenters. The molecule has 1 aromatic carbocycles. The van der Waals surface area contributed by atoms with Crippen molar-refractivity contribution >= 4 is 46.1 Å². The Balaban J connectivity index is 1.34. The van der Waals surface area contributed by atoms with Crippen LogP contribution in [0.1, 0.15) is 56.5 Å². The molecule has 6 N–H and O–H groups in total. The Morgan fingerprint density at radius 2 is 2.05 bits per heavy atom. The number of carbonyl (C=O) groups is 2. The lowest BCUT2D eigenvalue weighted by molar-refractivity contribution is -0.111. The molecule has 2 aliphatic rings. The van der Waals surface area contributed by atoms with Crippen molar-refractivity contribution in [2.45, 2.75) is 44.2 Å². The van der Waals surface area contributed by atoms with Gasteiger partial charge in [-0.2, -0.15) is 0 Å². The van der Waals surface area contributed by atoms with Gasteiger partial charge < -0.3 is 21.9 Å². The summed E-state index contributed by atoms with van der Waals surface area (Å²) in [5.74, 6) is -1.58. The normalized spacial score (nSPS) is 19.9. The fourth-order valence-corrected chi connectivity index (χ4v) is 6.21. The molecule has 2 amide bonds. The molecule has 0 bridgehead atoms. The fraction of sp³-hybridized carbons (Fsp3) is 0.310. The summed E-state index contributed by atoms with van der Waals surface area (Å²) >= 11 is 1.34. The van der Waals surface area contributed by atoms with E-state index in [-0.39, 0.29) is 17.1 Å². The molecule has 0 radical (unpaired) electrons. The quantitative estimate of drug-likeness (QED) is 0.323. The minimum Gasteiger partial charge on any atom is -0.398 e. The van der Waals surface area contributed by atoms with Gasteiger partial charge in [-0.3, -0.25) is 14.5 Å². The second kappa shape index (κ2) is 11.7. The Morgan fingerprint density at radius 3 is 2.75 bits per heavy atom. The minimum absolute atomic E-state index is 0.0584. The number of hydrogen-bond donors (Lipinski definition) is 4. The van der Waals surface area contributed by atoms with Crippen molar-refractivity contribution in [3.63, 3.8) is 0 Å². The number of fused-ring (bicyclic) bond motifs is 1. The van der Waals surface area contributed by atoms with E-state index in [2.05, 4.69) is 27.2 Å². The average Bonchev–Trinajstić information content (AvgIpc) is 3.55. The van der Waals surface area contributed by atoms with Crippen LogP contribution in [0.4, 0.5) is 15.9 Å². The van der Waals surface area contributed by atoms with E-state index in [0.717, 1.165) is 35.4 Å². The molecule has 2 atom stereocenters.